The highest BCUT2D eigenvalue weighted by atomic mass is 32.2. The highest BCUT2D eigenvalue weighted by Gasteiger charge is 2.32. The van der Waals surface area contributed by atoms with Crippen LogP contribution >= 0.6 is 24.0 Å². The molecule has 0 aliphatic carbocycles. The van der Waals surface area contributed by atoms with Crippen LogP contribution in [0.5, 0.6) is 0 Å². The summed E-state index contributed by atoms with van der Waals surface area (Å²) >= 11 is 6.63. The first-order valence-electron chi connectivity index (χ1n) is 11.3. The zero-order valence-electron chi connectivity index (χ0n) is 19.6. The van der Waals surface area contributed by atoms with Gasteiger partial charge in [-0.15, -0.1) is 0 Å². The van der Waals surface area contributed by atoms with Gasteiger partial charge < -0.3 is 4.90 Å². The molecule has 34 heavy (non-hydrogen) atoms. The normalized spacial score (nSPS) is 18.1. The number of nitrogens with zero attached hydrogens (tertiary/aromatic N) is 5. The molecule has 1 aromatic carbocycles. The van der Waals surface area contributed by atoms with Crippen LogP contribution in [0.4, 0.5) is 5.82 Å². The third-order valence-corrected chi connectivity index (χ3v) is 7.73. The molecule has 0 N–H and O–H groups in total. The van der Waals surface area contributed by atoms with E-state index in [2.05, 4.69) is 28.0 Å². The van der Waals surface area contributed by atoms with Crippen LogP contribution in [0.1, 0.15) is 29.2 Å². The van der Waals surface area contributed by atoms with Crippen LogP contribution in [0.25, 0.3) is 6.08 Å². The van der Waals surface area contributed by atoms with Gasteiger partial charge in [-0.3, -0.25) is 24.0 Å². The SMILES string of the molecule is CCN1C(=O)C(=Cc2c(C)c(C#N)c(=O)n(C)c2N2CCN(Cc3ccccc3)CC2)SC1=S. The average Bonchev–Trinajstić information content (AvgIpc) is 3.11. The molecule has 7 nitrogen and oxygen atoms in total. The summed E-state index contributed by atoms with van der Waals surface area (Å²) in [6, 6.07) is 12.4. The van der Waals surface area contributed by atoms with E-state index in [1.54, 1.807) is 29.5 Å². The number of benzene rings is 1. The molecule has 0 bridgehead atoms. The standard InChI is InChI=1S/C25H27N5O2S2/c1-4-30-24(32)21(34-25(30)33)14-19-17(2)20(15-26)23(31)27(3)22(19)29-12-10-28(11-13-29)16-18-8-6-5-7-9-18/h5-9,14H,4,10-13,16H2,1-3H3. The van der Waals surface area contributed by atoms with Crippen molar-refractivity contribution in [1.82, 2.24) is 14.4 Å². The molecule has 176 valence electrons. The number of amides is 1. The van der Waals surface area contributed by atoms with Gasteiger partial charge in [-0.25, -0.2) is 0 Å². The number of nitriles is 1. The Kier molecular flexibility index (Phi) is 7.22. The Morgan fingerprint density at radius 3 is 2.41 bits per heavy atom. The number of carbonyl (C=O) groups is 1. The Balaban J connectivity index is 1.69. The third kappa shape index (κ3) is 4.53. The van der Waals surface area contributed by atoms with Crippen molar-refractivity contribution in [3.8, 4) is 6.07 Å². The van der Waals surface area contributed by atoms with Crippen LogP contribution in [-0.2, 0) is 18.4 Å². The van der Waals surface area contributed by atoms with Crippen molar-refractivity contribution >= 4 is 46.1 Å². The van der Waals surface area contributed by atoms with Crippen molar-refractivity contribution in [3.63, 3.8) is 0 Å². The van der Waals surface area contributed by atoms with E-state index >= 15 is 0 Å². The van der Waals surface area contributed by atoms with E-state index in [-0.39, 0.29) is 17.0 Å². The number of thiocarbonyl (C=S) groups is 1. The molecule has 2 aliphatic rings. The summed E-state index contributed by atoms with van der Waals surface area (Å²) in [7, 11) is 1.70. The number of anilines is 1. The quantitative estimate of drug-likeness (QED) is 0.468. The molecule has 0 spiro atoms. The average molecular weight is 494 g/mol. The molecule has 9 heteroatoms. The van der Waals surface area contributed by atoms with Crippen molar-refractivity contribution in [2.24, 2.45) is 7.05 Å². The number of rotatable bonds is 5. The van der Waals surface area contributed by atoms with Crippen LogP contribution in [0.15, 0.2) is 40.0 Å². The Bertz CT molecular complexity index is 1250. The molecule has 2 fully saturated rings. The van der Waals surface area contributed by atoms with E-state index in [0.717, 1.165) is 44.1 Å². The van der Waals surface area contributed by atoms with Gasteiger partial charge in [-0.2, -0.15) is 5.26 Å². The zero-order chi connectivity index (χ0) is 24.4. The number of pyridine rings is 1. The number of aromatic nitrogens is 1. The Morgan fingerprint density at radius 2 is 1.82 bits per heavy atom. The molecule has 0 radical (unpaired) electrons. The van der Waals surface area contributed by atoms with Gasteiger partial charge in [0, 0.05) is 51.9 Å². The maximum atomic E-state index is 13.0. The molecule has 2 aliphatic heterocycles. The molecular formula is C25H27N5O2S2. The minimum absolute atomic E-state index is 0.103. The van der Waals surface area contributed by atoms with Gasteiger partial charge in [0.15, 0.2) is 0 Å². The fraction of sp³-hybridized carbons (Fsp3) is 0.360. The first-order chi connectivity index (χ1) is 16.3. The van der Waals surface area contributed by atoms with Crippen molar-refractivity contribution in [2.75, 3.05) is 37.6 Å². The van der Waals surface area contributed by atoms with Crippen LogP contribution in [0.2, 0.25) is 0 Å². The minimum Gasteiger partial charge on any atom is -0.355 e. The van der Waals surface area contributed by atoms with Gasteiger partial charge in [0.25, 0.3) is 11.5 Å². The fourth-order valence-electron chi connectivity index (χ4n) is 4.46. The zero-order valence-corrected chi connectivity index (χ0v) is 21.2. The van der Waals surface area contributed by atoms with Gasteiger partial charge in [0.05, 0.1) is 4.91 Å². The summed E-state index contributed by atoms with van der Waals surface area (Å²) in [6.07, 6.45) is 1.80. The first kappa shape index (κ1) is 24.2. The van der Waals surface area contributed by atoms with Crippen molar-refractivity contribution in [3.05, 3.63) is 67.8 Å². The summed E-state index contributed by atoms with van der Waals surface area (Å²) in [5.74, 6) is 0.602. The molecule has 1 amide bonds. The lowest BCUT2D eigenvalue weighted by atomic mass is 10.0. The lowest BCUT2D eigenvalue weighted by molar-refractivity contribution is -0.121. The molecule has 0 saturated carbocycles. The molecule has 1 aromatic heterocycles. The maximum Gasteiger partial charge on any atom is 0.270 e. The first-order valence-corrected chi connectivity index (χ1v) is 12.5. The molecule has 0 atom stereocenters. The summed E-state index contributed by atoms with van der Waals surface area (Å²) in [5.41, 5.74) is 2.38. The number of hydrogen-bond acceptors (Lipinski definition) is 7. The summed E-state index contributed by atoms with van der Waals surface area (Å²) in [5, 5.41) is 9.65. The van der Waals surface area contributed by atoms with Gasteiger partial charge in [-0.05, 0) is 31.1 Å². The number of thioether (sulfide) groups is 1. The predicted octanol–water partition coefficient (Wildman–Crippen LogP) is 3.11. The monoisotopic (exact) mass is 493 g/mol. The largest absolute Gasteiger partial charge is 0.355 e. The van der Waals surface area contributed by atoms with Crippen LogP contribution < -0.4 is 10.5 Å². The van der Waals surface area contributed by atoms with Crippen molar-refractivity contribution < 1.29 is 4.79 Å². The molecule has 4 rings (SSSR count). The highest BCUT2D eigenvalue weighted by molar-refractivity contribution is 8.26. The smallest absolute Gasteiger partial charge is 0.270 e. The lowest BCUT2D eigenvalue weighted by Crippen LogP contribution is -2.48. The highest BCUT2D eigenvalue weighted by Crippen LogP contribution is 2.35. The number of hydrogen-bond donors (Lipinski definition) is 0. The van der Waals surface area contributed by atoms with Gasteiger partial charge >= 0.3 is 0 Å². The van der Waals surface area contributed by atoms with E-state index in [4.69, 9.17) is 12.2 Å². The third-order valence-electron chi connectivity index (χ3n) is 6.35. The van der Waals surface area contributed by atoms with Crippen molar-refractivity contribution in [1.29, 1.82) is 5.26 Å². The summed E-state index contributed by atoms with van der Waals surface area (Å²) in [4.78, 5) is 32.5. The van der Waals surface area contributed by atoms with E-state index in [9.17, 15) is 14.9 Å². The summed E-state index contributed by atoms with van der Waals surface area (Å²) < 4.78 is 2.07. The van der Waals surface area contributed by atoms with Gasteiger partial charge in [0.1, 0.15) is 21.8 Å². The van der Waals surface area contributed by atoms with Crippen LogP contribution in [0.3, 0.4) is 0 Å². The van der Waals surface area contributed by atoms with E-state index in [0.29, 0.717) is 21.3 Å². The van der Waals surface area contributed by atoms with E-state index < -0.39 is 0 Å². The Labute approximate surface area is 209 Å². The topological polar surface area (TPSA) is 72.6 Å². The van der Waals surface area contributed by atoms with Crippen molar-refractivity contribution in [2.45, 2.75) is 20.4 Å². The fourth-order valence-corrected chi connectivity index (χ4v) is 5.82. The van der Waals surface area contributed by atoms with Crippen LogP contribution in [-0.4, -0.2) is 57.3 Å². The lowest BCUT2D eigenvalue weighted by Gasteiger charge is -2.37. The molecule has 2 aromatic rings. The molecule has 3 heterocycles. The molecule has 0 unspecified atom stereocenters. The molecular weight excluding hydrogens is 466 g/mol. The second-order valence-electron chi connectivity index (χ2n) is 8.39. The Morgan fingerprint density at radius 1 is 1.15 bits per heavy atom. The number of piperazine rings is 1. The molecule has 2 saturated heterocycles. The summed E-state index contributed by atoms with van der Waals surface area (Å²) in [6.45, 7) is 8.23. The van der Waals surface area contributed by atoms with Gasteiger partial charge in [0.2, 0.25) is 0 Å². The Hall–Kier alpha value is -2.93. The second kappa shape index (κ2) is 10.1. The number of likely N-dealkylation sites (N-methyl/N-ethyl adjacent to an activating group) is 1. The maximum absolute atomic E-state index is 13.0. The van der Waals surface area contributed by atoms with E-state index in [1.807, 2.05) is 25.1 Å². The minimum atomic E-state index is -0.319. The van der Waals surface area contributed by atoms with E-state index in [1.165, 1.54) is 17.3 Å². The second-order valence-corrected chi connectivity index (χ2v) is 10.1. The van der Waals surface area contributed by atoms with Crippen LogP contribution in [0, 0.1) is 18.3 Å². The van der Waals surface area contributed by atoms with Gasteiger partial charge in [-0.1, -0.05) is 54.3 Å². The predicted molar refractivity (Wildman–Crippen MR) is 141 cm³/mol. The number of carbonyl (C=O) groups excluding carboxylic acids is 1.